The Morgan fingerprint density at radius 2 is 1.47 bits per heavy atom. The summed E-state index contributed by atoms with van der Waals surface area (Å²) < 4.78 is 1.99. The van der Waals surface area contributed by atoms with E-state index in [0.717, 1.165) is 22.6 Å². The molecule has 1 aromatic heterocycles. The second kappa shape index (κ2) is 9.51. The Balaban J connectivity index is 0.00000256. The molecule has 0 aliphatic carbocycles. The first-order chi connectivity index (χ1) is 14.1. The molecule has 3 nitrogen and oxygen atoms in total. The summed E-state index contributed by atoms with van der Waals surface area (Å²) in [5.41, 5.74) is 6.97. The van der Waals surface area contributed by atoms with E-state index in [1.807, 2.05) is 16.8 Å². The molecule has 0 spiro atoms. The number of nitrogens with zero attached hydrogens (tertiary/aromatic N) is 3. The van der Waals surface area contributed by atoms with E-state index in [9.17, 15) is 0 Å². The van der Waals surface area contributed by atoms with Gasteiger partial charge >= 0.3 is 0 Å². The van der Waals surface area contributed by atoms with Crippen LogP contribution >= 0.6 is 0 Å². The zero-order valence-electron chi connectivity index (χ0n) is 17.8. The molecule has 0 aliphatic heterocycles. The third kappa shape index (κ3) is 4.30. The van der Waals surface area contributed by atoms with E-state index in [1.165, 1.54) is 16.7 Å². The number of hydrogen-bond donors (Lipinski definition) is 0. The maximum absolute atomic E-state index is 4.64. The van der Waals surface area contributed by atoms with Crippen molar-refractivity contribution in [2.24, 2.45) is 0 Å². The molecule has 0 saturated heterocycles. The predicted octanol–water partition coefficient (Wildman–Crippen LogP) is 6.65. The van der Waals surface area contributed by atoms with Crippen molar-refractivity contribution in [3.8, 4) is 28.2 Å². The normalized spacial score (nSPS) is 11.0. The van der Waals surface area contributed by atoms with Crippen LogP contribution in [0.15, 0.2) is 73.1 Å². The molecule has 0 unspecified atom stereocenters. The van der Waals surface area contributed by atoms with Crippen molar-refractivity contribution in [1.82, 2.24) is 14.8 Å². The third-order valence-corrected chi connectivity index (χ3v) is 5.25. The van der Waals surface area contributed by atoms with Crippen LogP contribution in [-0.2, 0) is 20.1 Å². The smallest absolute Gasteiger partial charge is 0.127 e. The minimum Gasteiger partial charge on any atom is -0.264 e. The van der Waals surface area contributed by atoms with Crippen molar-refractivity contribution in [2.75, 3.05) is 0 Å². The summed E-state index contributed by atoms with van der Waals surface area (Å²) >= 11 is 0. The van der Waals surface area contributed by atoms with Crippen molar-refractivity contribution in [1.29, 1.82) is 0 Å². The number of para-hydroxylation sites is 1. The van der Waals surface area contributed by atoms with E-state index in [0.29, 0.717) is 11.8 Å². The van der Waals surface area contributed by atoms with Gasteiger partial charge in [0.15, 0.2) is 0 Å². The Labute approximate surface area is 192 Å². The van der Waals surface area contributed by atoms with Gasteiger partial charge in [0.1, 0.15) is 6.33 Å². The first kappa shape index (κ1) is 22.1. The molecule has 0 bridgehead atoms. The summed E-state index contributed by atoms with van der Waals surface area (Å²) in [7, 11) is 0. The SMILES string of the molecule is CC(C)c1cccc(C(C)C)c1-n1ncnc1-c1[c-]ccc(-c2ccccc2)c1.[Ir]. The molecule has 4 rings (SSSR count). The van der Waals surface area contributed by atoms with Gasteiger partial charge in [-0.05, 0) is 28.5 Å². The molecule has 1 heterocycles. The van der Waals surface area contributed by atoms with Crippen LogP contribution in [0.2, 0.25) is 0 Å². The van der Waals surface area contributed by atoms with Gasteiger partial charge in [-0.25, -0.2) is 0 Å². The maximum atomic E-state index is 4.64. The largest absolute Gasteiger partial charge is 0.264 e. The van der Waals surface area contributed by atoms with E-state index >= 15 is 0 Å². The fourth-order valence-electron chi connectivity index (χ4n) is 3.75. The zero-order valence-corrected chi connectivity index (χ0v) is 20.2. The summed E-state index contributed by atoms with van der Waals surface area (Å²) in [6, 6.07) is 26.5. The van der Waals surface area contributed by atoms with Gasteiger partial charge in [-0.2, -0.15) is 5.10 Å². The van der Waals surface area contributed by atoms with Crippen LogP contribution in [-0.4, -0.2) is 14.8 Å². The van der Waals surface area contributed by atoms with E-state index in [4.69, 9.17) is 0 Å². The zero-order chi connectivity index (χ0) is 20.4. The van der Waals surface area contributed by atoms with Crippen molar-refractivity contribution in [3.05, 3.63) is 90.3 Å². The molecular weight excluding hydrogens is 547 g/mol. The van der Waals surface area contributed by atoms with Crippen LogP contribution in [0, 0.1) is 6.07 Å². The standard InChI is InChI=1S/C26H26N3.Ir/c1-18(2)23-14-9-15-24(19(3)4)25(23)29-26(27-17-28-29)22-13-8-12-21(16-22)20-10-6-5-7-11-20;/h5-12,14-19H,1-4H3;/q-1;. The van der Waals surface area contributed by atoms with E-state index in [-0.39, 0.29) is 20.1 Å². The maximum Gasteiger partial charge on any atom is 0.127 e. The van der Waals surface area contributed by atoms with Crippen LogP contribution in [0.3, 0.4) is 0 Å². The van der Waals surface area contributed by atoms with E-state index in [2.05, 4.69) is 98.4 Å². The van der Waals surface area contributed by atoms with Gasteiger partial charge in [-0.1, -0.05) is 76.2 Å². The van der Waals surface area contributed by atoms with Crippen molar-refractivity contribution in [2.45, 2.75) is 39.5 Å². The monoisotopic (exact) mass is 573 g/mol. The Morgan fingerprint density at radius 3 is 2.10 bits per heavy atom. The molecule has 3 aromatic carbocycles. The second-order valence-corrected chi connectivity index (χ2v) is 7.95. The number of hydrogen-bond acceptors (Lipinski definition) is 2. The van der Waals surface area contributed by atoms with Gasteiger partial charge in [0.05, 0.1) is 11.5 Å². The van der Waals surface area contributed by atoms with Crippen LogP contribution in [0.1, 0.15) is 50.7 Å². The third-order valence-electron chi connectivity index (χ3n) is 5.25. The fraction of sp³-hybridized carbons (Fsp3) is 0.231. The van der Waals surface area contributed by atoms with Crippen LogP contribution in [0.5, 0.6) is 0 Å². The molecule has 0 atom stereocenters. The first-order valence-corrected chi connectivity index (χ1v) is 10.2. The molecule has 4 aromatic rings. The van der Waals surface area contributed by atoms with Crippen molar-refractivity contribution in [3.63, 3.8) is 0 Å². The summed E-state index contributed by atoms with van der Waals surface area (Å²) in [6.07, 6.45) is 1.64. The second-order valence-electron chi connectivity index (χ2n) is 7.95. The molecule has 4 heteroatoms. The summed E-state index contributed by atoms with van der Waals surface area (Å²) in [5.74, 6) is 1.60. The van der Waals surface area contributed by atoms with Crippen LogP contribution < -0.4 is 0 Å². The van der Waals surface area contributed by atoms with E-state index in [1.54, 1.807) is 6.33 Å². The minimum absolute atomic E-state index is 0. The van der Waals surface area contributed by atoms with Crippen LogP contribution in [0.4, 0.5) is 0 Å². The van der Waals surface area contributed by atoms with Gasteiger partial charge in [-0.15, -0.1) is 35.4 Å². The minimum atomic E-state index is 0. The molecule has 0 fully saturated rings. The van der Waals surface area contributed by atoms with Gasteiger partial charge < -0.3 is 0 Å². The summed E-state index contributed by atoms with van der Waals surface area (Å²) in [5, 5.41) is 4.64. The molecule has 30 heavy (non-hydrogen) atoms. The van der Waals surface area contributed by atoms with Crippen molar-refractivity contribution >= 4 is 0 Å². The molecule has 0 aliphatic rings. The molecule has 0 N–H and O–H groups in total. The summed E-state index contributed by atoms with van der Waals surface area (Å²) in [4.78, 5) is 4.62. The molecule has 1 radical (unpaired) electrons. The topological polar surface area (TPSA) is 30.7 Å². The average Bonchev–Trinajstić information content (AvgIpc) is 3.23. The van der Waals surface area contributed by atoms with E-state index < -0.39 is 0 Å². The number of benzene rings is 3. The Kier molecular flexibility index (Phi) is 7.02. The van der Waals surface area contributed by atoms with Gasteiger partial charge in [0, 0.05) is 20.1 Å². The van der Waals surface area contributed by atoms with Gasteiger partial charge in [-0.3, -0.25) is 9.67 Å². The molecule has 0 saturated carbocycles. The van der Waals surface area contributed by atoms with Gasteiger partial charge in [0.2, 0.25) is 0 Å². The quantitative estimate of drug-likeness (QED) is 0.251. The number of rotatable bonds is 5. The Bertz CT molecular complexity index is 1090. The first-order valence-electron chi connectivity index (χ1n) is 10.2. The Morgan fingerprint density at radius 1 is 0.800 bits per heavy atom. The van der Waals surface area contributed by atoms with Gasteiger partial charge in [0.25, 0.3) is 0 Å². The van der Waals surface area contributed by atoms with Crippen LogP contribution in [0.25, 0.3) is 28.2 Å². The average molecular weight is 573 g/mol. The molecule has 0 amide bonds. The summed E-state index contributed by atoms with van der Waals surface area (Å²) in [6.45, 7) is 8.90. The Hall–Kier alpha value is -2.55. The fourth-order valence-corrected chi connectivity index (χ4v) is 3.75. The van der Waals surface area contributed by atoms with Crippen molar-refractivity contribution < 1.29 is 20.1 Å². The molecule has 155 valence electrons. The number of aromatic nitrogens is 3. The predicted molar refractivity (Wildman–Crippen MR) is 119 cm³/mol. The molecular formula is C26H26IrN3-.